The van der Waals surface area contributed by atoms with Crippen molar-refractivity contribution in [2.75, 3.05) is 6.61 Å². The third-order valence-corrected chi connectivity index (χ3v) is 4.80. The van der Waals surface area contributed by atoms with Gasteiger partial charge in [0.1, 0.15) is 6.04 Å². The molecule has 0 heterocycles. The van der Waals surface area contributed by atoms with Gasteiger partial charge in [-0.1, -0.05) is 34.1 Å². The molecule has 3 N–H and O–H groups in total. The van der Waals surface area contributed by atoms with Crippen molar-refractivity contribution in [2.24, 2.45) is 5.73 Å². The van der Waals surface area contributed by atoms with Gasteiger partial charge < -0.3 is 15.8 Å². The molecule has 0 spiro atoms. The van der Waals surface area contributed by atoms with Gasteiger partial charge in [-0.05, 0) is 30.7 Å². The summed E-state index contributed by atoms with van der Waals surface area (Å²) in [5, 5.41) is 13.5. The van der Waals surface area contributed by atoms with Crippen molar-refractivity contribution in [3.05, 3.63) is 74.2 Å². The maximum absolute atomic E-state index is 12.7. The molecular weight excluding hydrogens is 458 g/mol. The Kier molecular flexibility index (Phi) is 8.05. The normalized spacial score (nSPS) is 12.5. The van der Waals surface area contributed by atoms with Gasteiger partial charge in [-0.25, -0.2) is 0 Å². The number of amides is 2. The van der Waals surface area contributed by atoms with E-state index in [2.05, 4.69) is 21.2 Å². The molecule has 0 saturated carbocycles. The fourth-order valence-electron chi connectivity index (χ4n) is 2.90. The minimum Gasteiger partial charge on any atom is -0.466 e. The lowest BCUT2D eigenvalue weighted by atomic mass is 9.87. The van der Waals surface area contributed by atoms with Crippen LogP contribution in [0.4, 0.5) is 5.69 Å². The van der Waals surface area contributed by atoms with Crippen molar-refractivity contribution < 1.29 is 24.0 Å². The first-order valence-corrected chi connectivity index (χ1v) is 9.78. The van der Waals surface area contributed by atoms with Crippen LogP contribution >= 0.6 is 15.9 Å². The van der Waals surface area contributed by atoms with Crippen LogP contribution in [0.3, 0.4) is 0 Å². The minimum atomic E-state index is -1.25. The van der Waals surface area contributed by atoms with Crippen LogP contribution in [0.5, 0.6) is 0 Å². The van der Waals surface area contributed by atoms with Gasteiger partial charge in [-0.2, -0.15) is 0 Å². The van der Waals surface area contributed by atoms with Crippen molar-refractivity contribution in [1.82, 2.24) is 5.32 Å². The fraction of sp³-hybridized carbons (Fsp3) is 0.250. The SMILES string of the molecule is CCOC(=O)C[C@H](c1ccc([N+](=O)[O-])cc1)[C@H](NC(=O)c1cccc(Br)c1)C(N)=O. The smallest absolute Gasteiger partial charge is 0.306 e. The van der Waals surface area contributed by atoms with Crippen molar-refractivity contribution in [2.45, 2.75) is 25.3 Å². The molecule has 0 unspecified atom stereocenters. The van der Waals surface area contributed by atoms with Crippen molar-refractivity contribution in [3.8, 4) is 0 Å². The average molecular weight is 478 g/mol. The largest absolute Gasteiger partial charge is 0.466 e. The number of benzene rings is 2. The Morgan fingerprint density at radius 3 is 2.40 bits per heavy atom. The number of carbonyl (C=O) groups is 3. The number of halogens is 1. The molecule has 0 aliphatic heterocycles. The monoisotopic (exact) mass is 477 g/mol. The summed E-state index contributed by atoms with van der Waals surface area (Å²) < 4.78 is 5.64. The second-order valence-corrected chi connectivity index (χ2v) is 7.24. The van der Waals surface area contributed by atoms with E-state index in [0.29, 0.717) is 10.0 Å². The minimum absolute atomic E-state index is 0.136. The van der Waals surface area contributed by atoms with E-state index in [1.165, 1.54) is 24.3 Å². The highest BCUT2D eigenvalue weighted by atomic mass is 79.9. The van der Waals surface area contributed by atoms with Gasteiger partial charge in [0, 0.05) is 28.1 Å². The molecule has 2 aromatic carbocycles. The molecule has 158 valence electrons. The van der Waals surface area contributed by atoms with Crippen LogP contribution in [0.15, 0.2) is 53.0 Å². The lowest BCUT2D eigenvalue weighted by Crippen LogP contribution is -2.48. The highest BCUT2D eigenvalue weighted by molar-refractivity contribution is 9.10. The van der Waals surface area contributed by atoms with Gasteiger partial charge in [-0.15, -0.1) is 0 Å². The van der Waals surface area contributed by atoms with Crippen molar-refractivity contribution in [1.29, 1.82) is 0 Å². The molecular formula is C20H20BrN3O6. The standard InChI is InChI=1S/C20H20BrN3O6/c1-2-30-17(25)11-16(12-6-8-15(9-7-12)24(28)29)18(19(22)26)23-20(27)13-4-3-5-14(21)10-13/h3-10,16,18H,2,11H2,1H3,(H2,22,26)(H,23,27)/t16-,18+/m1/s1. The lowest BCUT2D eigenvalue weighted by Gasteiger charge is -2.25. The van der Waals surface area contributed by atoms with Crippen LogP contribution in [0.2, 0.25) is 0 Å². The van der Waals surface area contributed by atoms with Crippen molar-refractivity contribution in [3.63, 3.8) is 0 Å². The summed E-state index contributed by atoms with van der Waals surface area (Å²) in [5.41, 5.74) is 6.09. The van der Waals surface area contributed by atoms with Crippen LogP contribution in [-0.2, 0) is 14.3 Å². The summed E-state index contributed by atoms with van der Waals surface area (Å²) in [6.45, 7) is 1.77. The molecule has 9 nitrogen and oxygen atoms in total. The zero-order valence-electron chi connectivity index (χ0n) is 16.0. The van der Waals surface area contributed by atoms with E-state index in [1.54, 1.807) is 31.2 Å². The number of hydrogen-bond acceptors (Lipinski definition) is 6. The quantitative estimate of drug-likeness (QED) is 0.323. The number of primary amides is 1. The van der Waals surface area contributed by atoms with Gasteiger partial charge in [0.05, 0.1) is 18.0 Å². The van der Waals surface area contributed by atoms with Gasteiger partial charge in [0.15, 0.2) is 0 Å². The summed E-state index contributed by atoms with van der Waals surface area (Å²) >= 11 is 3.27. The molecule has 0 aromatic heterocycles. The van der Waals surface area contributed by atoms with E-state index in [-0.39, 0.29) is 24.3 Å². The first-order chi connectivity index (χ1) is 14.2. The number of ether oxygens (including phenoxy) is 1. The van der Waals surface area contributed by atoms with Crippen LogP contribution in [-0.4, -0.2) is 35.4 Å². The molecule has 0 bridgehead atoms. The fourth-order valence-corrected chi connectivity index (χ4v) is 3.29. The number of nitro benzene ring substituents is 1. The van der Waals surface area contributed by atoms with Gasteiger partial charge in [-0.3, -0.25) is 24.5 Å². The second kappa shape index (κ2) is 10.5. The third-order valence-electron chi connectivity index (χ3n) is 4.31. The highest BCUT2D eigenvalue weighted by Crippen LogP contribution is 2.27. The van der Waals surface area contributed by atoms with Gasteiger partial charge >= 0.3 is 5.97 Å². The number of esters is 1. The number of nitro groups is 1. The Morgan fingerprint density at radius 1 is 1.20 bits per heavy atom. The number of carbonyl (C=O) groups excluding carboxylic acids is 3. The Labute approximate surface area is 180 Å². The molecule has 0 aliphatic carbocycles. The second-order valence-electron chi connectivity index (χ2n) is 6.33. The molecule has 0 radical (unpaired) electrons. The van der Waals surface area contributed by atoms with Crippen molar-refractivity contribution >= 4 is 39.4 Å². The van der Waals surface area contributed by atoms with E-state index in [4.69, 9.17) is 10.5 Å². The highest BCUT2D eigenvalue weighted by Gasteiger charge is 2.32. The van der Waals surface area contributed by atoms with E-state index in [0.717, 1.165) is 0 Å². The van der Waals surface area contributed by atoms with Crippen LogP contribution in [0.25, 0.3) is 0 Å². The topological polar surface area (TPSA) is 142 Å². The summed E-state index contributed by atoms with van der Waals surface area (Å²) in [6.07, 6.45) is -0.252. The molecule has 0 fully saturated rings. The van der Waals surface area contributed by atoms with Gasteiger partial charge in [0.25, 0.3) is 11.6 Å². The zero-order valence-corrected chi connectivity index (χ0v) is 17.6. The Hall–Kier alpha value is -3.27. The van der Waals surface area contributed by atoms with Crippen LogP contribution in [0, 0.1) is 10.1 Å². The number of hydrogen-bond donors (Lipinski definition) is 2. The first kappa shape index (κ1) is 23.0. The van der Waals surface area contributed by atoms with Gasteiger partial charge in [0.2, 0.25) is 5.91 Å². The van der Waals surface area contributed by atoms with Crippen LogP contribution in [0.1, 0.15) is 35.2 Å². The zero-order chi connectivity index (χ0) is 22.3. The van der Waals surface area contributed by atoms with E-state index in [9.17, 15) is 24.5 Å². The molecule has 10 heteroatoms. The number of non-ortho nitro benzene ring substituents is 1. The van der Waals surface area contributed by atoms with E-state index in [1.807, 2.05) is 0 Å². The predicted molar refractivity (Wildman–Crippen MR) is 112 cm³/mol. The number of nitrogens with two attached hydrogens (primary N) is 1. The third kappa shape index (κ3) is 6.11. The Bertz CT molecular complexity index is 948. The molecule has 2 amide bonds. The Morgan fingerprint density at radius 2 is 1.87 bits per heavy atom. The summed E-state index contributed by atoms with van der Waals surface area (Å²) in [5.74, 6) is -2.89. The molecule has 0 aliphatic rings. The lowest BCUT2D eigenvalue weighted by molar-refractivity contribution is -0.384. The number of rotatable bonds is 9. The molecule has 2 aromatic rings. The van der Waals surface area contributed by atoms with Crippen LogP contribution < -0.4 is 11.1 Å². The molecule has 0 saturated heterocycles. The number of nitrogens with zero attached hydrogens (tertiary/aromatic N) is 1. The molecule has 30 heavy (non-hydrogen) atoms. The average Bonchev–Trinajstić information content (AvgIpc) is 2.70. The summed E-state index contributed by atoms with van der Waals surface area (Å²) in [4.78, 5) is 47.3. The van der Waals surface area contributed by atoms with E-state index < -0.39 is 34.7 Å². The first-order valence-electron chi connectivity index (χ1n) is 8.98. The maximum Gasteiger partial charge on any atom is 0.306 e. The summed E-state index contributed by atoms with van der Waals surface area (Å²) in [6, 6.07) is 10.6. The maximum atomic E-state index is 12.7. The summed E-state index contributed by atoms with van der Waals surface area (Å²) in [7, 11) is 0. The number of nitrogens with one attached hydrogen (secondary N) is 1. The predicted octanol–water partition coefficient (Wildman–Crippen LogP) is 2.68. The molecule has 2 atom stereocenters. The molecule has 2 rings (SSSR count). The Balaban J connectivity index is 2.38. The van der Waals surface area contributed by atoms with E-state index >= 15 is 0 Å².